The number of hydrogen-bond donors (Lipinski definition) is 2. The van der Waals surface area contributed by atoms with E-state index in [4.69, 9.17) is 5.11 Å². The van der Waals surface area contributed by atoms with Crippen LogP contribution >= 0.6 is 11.3 Å². The van der Waals surface area contributed by atoms with Crippen molar-refractivity contribution in [2.75, 3.05) is 0 Å². The average Bonchev–Trinajstić information content (AvgIpc) is 2.82. The fourth-order valence-corrected chi connectivity index (χ4v) is 3.33. The maximum Gasteiger partial charge on any atom is 0.345 e. The van der Waals surface area contributed by atoms with Crippen molar-refractivity contribution in [3.05, 3.63) is 21.4 Å². The number of thiophene rings is 1. The quantitative estimate of drug-likeness (QED) is 0.867. The van der Waals surface area contributed by atoms with Gasteiger partial charge in [0.2, 0.25) is 0 Å². The number of carbonyl (C=O) groups is 1. The molecule has 2 N–H and O–H groups in total. The lowest BCUT2D eigenvalue weighted by Crippen LogP contribution is -2.25. The number of aryl methyl sites for hydroxylation is 1. The molecule has 0 bridgehead atoms. The van der Waals surface area contributed by atoms with E-state index in [0.29, 0.717) is 10.9 Å². The molecule has 1 aromatic rings. The van der Waals surface area contributed by atoms with Gasteiger partial charge in [-0.25, -0.2) is 4.79 Å². The van der Waals surface area contributed by atoms with Crippen LogP contribution in [0.3, 0.4) is 0 Å². The third-order valence-electron chi connectivity index (χ3n) is 3.51. The molecule has 3 nitrogen and oxygen atoms in total. The molecule has 0 spiro atoms. The summed E-state index contributed by atoms with van der Waals surface area (Å²) in [6.07, 6.45) is 3.80. The Morgan fingerprint density at radius 1 is 1.59 bits per heavy atom. The summed E-state index contributed by atoms with van der Waals surface area (Å²) in [6, 6.07) is 2.41. The minimum absolute atomic E-state index is 0.444. The number of aromatic carboxylic acids is 1. The number of rotatable bonds is 4. The molecule has 0 saturated heterocycles. The fraction of sp³-hybridized carbons (Fsp3) is 0.615. The maximum atomic E-state index is 10.9. The van der Waals surface area contributed by atoms with Gasteiger partial charge < -0.3 is 10.4 Å². The lowest BCUT2D eigenvalue weighted by atomic mass is 10.1. The third kappa shape index (κ3) is 3.07. The summed E-state index contributed by atoms with van der Waals surface area (Å²) in [4.78, 5) is 12.4. The molecule has 0 amide bonds. The molecule has 0 aliphatic heterocycles. The van der Waals surface area contributed by atoms with Crippen molar-refractivity contribution in [1.29, 1.82) is 0 Å². The van der Waals surface area contributed by atoms with Gasteiger partial charge in [0.15, 0.2) is 0 Å². The molecule has 1 aromatic heterocycles. The van der Waals surface area contributed by atoms with Crippen molar-refractivity contribution in [2.45, 2.75) is 45.7 Å². The summed E-state index contributed by atoms with van der Waals surface area (Å²) < 4.78 is 0. The van der Waals surface area contributed by atoms with E-state index in [9.17, 15) is 4.79 Å². The van der Waals surface area contributed by atoms with Gasteiger partial charge in [0.05, 0.1) is 0 Å². The average molecular weight is 253 g/mol. The Bertz CT molecular complexity index is 414. The Morgan fingerprint density at radius 3 is 2.88 bits per heavy atom. The van der Waals surface area contributed by atoms with Crippen molar-refractivity contribution in [1.82, 2.24) is 5.32 Å². The zero-order valence-electron chi connectivity index (χ0n) is 10.3. The van der Waals surface area contributed by atoms with Crippen molar-refractivity contribution < 1.29 is 9.90 Å². The van der Waals surface area contributed by atoms with Crippen molar-refractivity contribution >= 4 is 17.3 Å². The van der Waals surface area contributed by atoms with Crippen LogP contribution in [-0.4, -0.2) is 17.1 Å². The highest BCUT2D eigenvalue weighted by Crippen LogP contribution is 2.26. The van der Waals surface area contributed by atoms with Crippen LogP contribution in [0, 0.1) is 12.8 Å². The van der Waals surface area contributed by atoms with E-state index in [1.807, 2.05) is 6.92 Å². The molecule has 17 heavy (non-hydrogen) atoms. The molecule has 0 radical (unpaired) electrons. The van der Waals surface area contributed by atoms with E-state index in [0.717, 1.165) is 22.9 Å². The van der Waals surface area contributed by atoms with Gasteiger partial charge >= 0.3 is 5.97 Å². The minimum atomic E-state index is -0.821. The first kappa shape index (κ1) is 12.6. The van der Waals surface area contributed by atoms with Crippen LogP contribution in [0.4, 0.5) is 0 Å². The van der Waals surface area contributed by atoms with Crippen LogP contribution < -0.4 is 5.32 Å². The van der Waals surface area contributed by atoms with Gasteiger partial charge in [-0.2, -0.15) is 0 Å². The molecule has 1 saturated carbocycles. The summed E-state index contributed by atoms with van der Waals surface area (Å²) in [6.45, 7) is 5.08. The summed E-state index contributed by atoms with van der Waals surface area (Å²) in [5.74, 6) is 0.00416. The second-order valence-corrected chi connectivity index (χ2v) is 6.25. The zero-order valence-corrected chi connectivity index (χ0v) is 11.1. The van der Waals surface area contributed by atoms with E-state index < -0.39 is 5.97 Å². The SMILES string of the molecule is Cc1sc(C(=O)O)cc1CNC1CCC(C)C1. The lowest BCUT2D eigenvalue weighted by Gasteiger charge is -2.11. The first-order valence-corrected chi connectivity index (χ1v) is 6.94. The number of carboxylic acid groups (broad SMARTS) is 1. The topological polar surface area (TPSA) is 49.3 Å². The lowest BCUT2D eigenvalue weighted by molar-refractivity contribution is 0.0702. The van der Waals surface area contributed by atoms with E-state index in [-0.39, 0.29) is 0 Å². The largest absolute Gasteiger partial charge is 0.477 e. The number of hydrogen-bond acceptors (Lipinski definition) is 3. The zero-order chi connectivity index (χ0) is 12.4. The van der Waals surface area contributed by atoms with E-state index in [1.165, 1.54) is 30.6 Å². The van der Waals surface area contributed by atoms with E-state index in [2.05, 4.69) is 12.2 Å². The summed E-state index contributed by atoms with van der Waals surface area (Å²) in [5.41, 5.74) is 1.13. The van der Waals surface area contributed by atoms with Gasteiger partial charge in [-0.05, 0) is 43.7 Å². The standard InChI is InChI=1S/C13H19NO2S/c1-8-3-4-11(5-8)14-7-10-6-12(13(15)16)17-9(10)2/h6,8,11,14H,3-5,7H2,1-2H3,(H,15,16). The summed E-state index contributed by atoms with van der Waals surface area (Å²) in [7, 11) is 0. The number of nitrogens with one attached hydrogen (secondary N) is 1. The molecule has 2 unspecified atom stereocenters. The molecule has 2 atom stereocenters. The Balaban J connectivity index is 1.92. The van der Waals surface area contributed by atoms with E-state index in [1.54, 1.807) is 6.07 Å². The predicted octanol–water partition coefficient (Wildman–Crippen LogP) is 3.03. The predicted molar refractivity (Wildman–Crippen MR) is 69.7 cm³/mol. The normalized spacial score (nSPS) is 24.1. The van der Waals surface area contributed by atoms with Gasteiger partial charge in [-0.15, -0.1) is 11.3 Å². The van der Waals surface area contributed by atoms with Crippen LogP contribution in [0.1, 0.15) is 46.3 Å². The highest BCUT2D eigenvalue weighted by molar-refractivity contribution is 7.14. The van der Waals surface area contributed by atoms with Crippen molar-refractivity contribution in [2.24, 2.45) is 5.92 Å². The van der Waals surface area contributed by atoms with Gasteiger partial charge in [0.25, 0.3) is 0 Å². The van der Waals surface area contributed by atoms with Gasteiger partial charge in [-0.3, -0.25) is 0 Å². The van der Waals surface area contributed by atoms with Gasteiger partial charge in [0, 0.05) is 17.5 Å². The third-order valence-corrected chi connectivity index (χ3v) is 4.59. The monoisotopic (exact) mass is 253 g/mol. The smallest absolute Gasteiger partial charge is 0.345 e. The molecule has 4 heteroatoms. The van der Waals surface area contributed by atoms with Crippen LogP contribution in [0.15, 0.2) is 6.07 Å². The second kappa shape index (κ2) is 5.19. The highest BCUT2D eigenvalue weighted by atomic mass is 32.1. The molecule has 1 aliphatic rings. The minimum Gasteiger partial charge on any atom is -0.477 e. The second-order valence-electron chi connectivity index (χ2n) is 4.99. The Hall–Kier alpha value is -0.870. The summed E-state index contributed by atoms with van der Waals surface area (Å²) >= 11 is 1.37. The Kier molecular flexibility index (Phi) is 3.84. The summed E-state index contributed by atoms with van der Waals surface area (Å²) in [5, 5.41) is 12.5. The Morgan fingerprint density at radius 2 is 2.35 bits per heavy atom. The molecule has 0 aromatic carbocycles. The molecule has 94 valence electrons. The molecular formula is C13H19NO2S. The molecule has 1 aliphatic carbocycles. The highest BCUT2D eigenvalue weighted by Gasteiger charge is 2.21. The van der Waals surface area contributed by atoms with Crippen molar-refractivity contribution in [3.8, 4) is 0 Å². The first-order valence-electron chi connectivity index (χ1n) is 6.12. The molecule has 1 fully saturated rings. The van der Waals surface area contributed by atoms with E-state index >= 15 is 0 Å². The fourth-order valence-electron chi connectivity index (χ4n) is 2.45. The number of carboxylic acids is 1. The molecular weight excluding hydrogens is 234 g/mol. The maximum absolute atomic E-state index is 10.9. The van der Waals surface area contributed by atoms with Gasteiger partial charge in [-0.1, -0.05) is 6.92 Å². The molecule has 2 rings (SSSR count). The van der Waals surface area contributed by atoms with Crippen LogP contribution in [0.25, 0.3) is 0 Å². The van der Waals surface area contributed by atoms with Crippen LogP contribution in [0.2, 0.25) is 0 Å². The molecule has 1 heterocycles. The Labute approximate surface area is 106 Å². The van der Waals surface area contributed by atoms with Crippen LogP contribution in [0.5, 0.6) is 0 Å². The van der Waals surface area contributed by atoms with Crippen molar-refractivity contribution in [3.63, 3.8) is 0 Å². The van der Waals surface area contributed by atoms with Crippen LogP contribution in [-0.2, 0) is 6.54 Å². The first-order chi connectivity index (χ1) is 8.06. The van der Waals surface area contributed by atoms with Gasteiger partial charge in [0.1, 0.15) is 4.88 Å².